The maximum atomic E-state index is 14.2. The summed E-state index contributed by atoms with van der Waals surface area (Å²) < 4.78 is 16.0. The third-order valence-corrected chi connectivity index (χ3v) is 4.33. The van der Waals surface area contributed by atoms with Crippen molar-refractivity contribution < 1.29 is 4.39 Å². The van der Waals surface area contributed by atoms with E-state index in [0.29, 0.717) is 12.2 Å². The van der Waals surface area contributed by atoms with Crippen molar-refractivity contribution in [2.24, 2.45) is 0 Å². The molecule has 0 aliphatic heterocycles. The highest BCUT2D eigenvalue weighted by atomic mass is 19.1. The number of benzene rings is 2. The molecule has 0 aliphatic rings. The van der Waals surface area contributed by atoms with Gasteiger partial charge in [-0.2, -0.15) is 10.4 Å². The first-order chi connectivity index (χ1) is 13.7. The van der Waals surface area contributed by atoms with Gasteiger partial charge in [-0.1, -0.05) is 18.2 Å². The third-order valence-electron chi connectivity index (χ3n) is 4.33. The van der Waals surface area contributed by atoms with Crippen molar-refractivity contribution in [3.05, 3.63) is 96.2 Å². The zero-order valence-electron chi connectivity index (χ0n) is 14.9. The quantitative estimate of drug-likeness (QED) is 0.560. The molecule has 0 fully saturated rings. The van der Waals surface area contributed by atoms with Crippen molar-refractivity contribution in [3.8, 4) is 23.0 Å². The molecule has 0 radical (unpaired) electrons. The molecule has 5 nitrogen and oxygen atoms in total. The minimum Gasteiger partial charge on any atom is -0.378 e. The predicted molar refractivity (Wildman–Crippen MR) is 105 cm³/mol. The van der Waals surface area contributed by atoms with Gasteiger partial charge in [-0.25, -0.2) is 9.07 Å². The number of para-hydroxylation sites is 1. The molecule has 2 aromatic carbocycles. The number of nitrogens with one attached hydrogen (secondary N) is 1. The monoisotopic (exact) mass is 369 g/mol. The summed E-state index contributed by atoms with van der Waals surface area (Å²) in [6.07, 6.45) is 5.36. The summed E-state index contributed by atoms with van der Waals surface area (Å²) in [6.45, 7) is 0.382. The number of aromatic nitrogens is 3. The largest absolute Gasteiger partial charge is 0.378 e. The molecule has 136 valence electrons. The zero-order chi connectivity index (χ0) is 19.3. The Bertz CT molecular complexity index is 1130. The third kappa shape index (κ3) is 3.60. The minimum absolute atomic E-state index is 0.289. The lowest BCUT2D eigenvalue weighted by Crippen LogP contribution is -2.02. The summed E-state index contributed by atoms with van der Waals surface area (Å²) >= 11 is 0. The van der Waals surface area contributed by atoms with Crippen molar-refractivity contribution in [2.45, 2.75) is 6.54 Å². The van der Waals surface area contributed by atoms with Crippen LogP contribution in [0.4, 0.5) is 10.1 Å². The summed E-state index contributed by atoms with van der Waals surface area (Å²) in [5, 5.41) is 16.7. The van der Waals surface area contributed by atoms with E-state index >= 15 is 0 Å². The van der Waals surface area contributed by atoms with Crippen LogP contribution in [-0.2, 0) is 6.54 Å². The lowest BCUT2D eigenvalue weighted by molar-refractivity contribution is 0.629. The van der Waals surface area contributed by atoms with Crippen molar-refractivity contribution in [1.82, 2.24) is 14.8 Å². The topological polar surface area (TPSA) is 66.5 Å². The second kappa shape index (κ2) is 7.72. The highest BCUT2D eigenvalue weighted by molar-refractivity contribution is 5.63. The Labute approximate surface area is 161 Å². The number of hydrogen-bond acceptors (Lipinski definition) is 4. The van der Waals surface area contributed by atoms with Crippen LogP contribution in [0.15, 0.2) is 79.3 Å². The van der Waals surface area contributed by atoms with Gasteiger partial charge in [0.15, 0.2) is 0 Å². The maximum absolute atomic E-state index is 14.2. The number of nitrogens with zero attached hydrogens (tertiary/aromatic N) is 4. The van der Waals surface area contributed by atoms with Crippen molar-refractivity contribution in [2.75, 3.05) is 5.32 Å². The van der Waals surface area contributed by atoms with Gasteiger partial charge in [-0.05, 0) is 42.5 Å². The molecule has 0 atom stereocenters. The molecule has 4 aromatic rings. The molecule has 6 heteroatoms. The molecule has 0 saturated heterocycles. The van der Waals surface area contributed by atoms with E-state index in [1.807, 2.05) is 59.4 Å². The molecule has 0 aliphatic carbocycles. The van der Waals surface area contributed by atoms with Gasteiger partial charge in [-0.15, -0.1) is 0 Å². The molecular weight excluding hydrogens is 353 g/mol. The summed E-state index contributed by atoms with van der Waals surface area (Å²) in [7, 11) is 0. The van der Waals surface area contributed by atoms with E-state index in [0.717, 1.165) is 22.5 Å². The molecule has 0 unspecified atom stereocenters. The standard InChI is InChI=1S/C22H16FN5/c23-20-12-16(13-24)6-7-21(20)26-14-18-15-28(19-4-2-1-3-5-19)27-22(18)17-8-10-25-11-9-17/h1-12,15,26H,14H2. The normalized spacial score (nSPS) is 10.4. The molecule has 2 heterocycles. The fourth-order valence-corrected chi connectivity index (χ4v) is 2.92. The fraction of sp³-hybridized carbons (Fsp3) is 0.0455. The lowest BCUT2D eigenvalue weighted by atomic mass is 10.1. The molecule has 0 bridgehead atoms. The Morgan fingerprint density at radius 1 is 1.04 bits per heavy atom. The van der Waals surface area contributed by atoms with Gasteiger partial charge in [0.1, 0.15) is 5.82 Å². The lowest BCUT2D eigenvalue weighted by Gasteiger charge is -2.08. The van der Waals surface area contributed by atoms with Crippen molar-refractivity contribution in [3.63, 3.8) is 0 Å². The maximum Gasteiger partial charge on any atom is 0.147 e. The second-order valence-electron chi connectivity index (χ2n) is 6.18. The molecule has 4 rings (SSSR count). The van der Waals surface area contributed by atoms with Crippen LogP contribution >= 0.6 is 0 Å². The van der Waals surface area contributed by atoms with Gasteiger partial charge >= 0.3 is 0 Å². The van der Waals surface area contributed by atoms with Gasteiger partial charge < -0.3 is 5.32 Å². The SMILES string of the molecule is N#Cc1ccc(NCc2cn(-c3ccccc3)nc2-c2ccncc2)c(F)c1. The highest BCUT2D eigenvalue weighted by Crippen LogP contribution is 2.25. The van der Waals surface area contributed by atoms with Gasteiger partial charge in [0.25, 0.3) is 0 Å². The Morgan fingerprint density at radius 2 is 1.82 bits per heavy atom. The van der Waals surface area contributed by atoms with Crippen LogP contribution in [-0.4, -0.2) is 14.8 Å². The first-order valence-corrected chi connectivity index (χ1v) is 8.72. The molecule has 0 spiro atoms. The summed E-state index contributed by atoms with van der Waals surface area (Å²) in [4.78, 5) is 4.06. The number of rotatable bonds is 5. The molecular formula is C22H16FN5. The smallest absolute Gasteiger partial charge is 0.147 e. The van der Waals surface area contributed by atoms with Crippen LogP contribution in [0.3, 0.4) is 0 Å². The summed E-state index contributed by atoms with van der Waals surface area (Å²) in [5.41, 5.74) is 4.21. The van der Waals surface area contributed by atoms with E-state index in [1.165, 1.54) is 6.07 Å². The predicted octanol–water partition coefficient (Wildman–Crippen LogP) is 4.56. The Kier molecular flexibility index (Phi) is 4.81. The Balaban J connectivity index is 1.67. The van der Waals surface area contributed by atoms with Gasteiger partial charge in [0.2, 0.25) is 0 Å². The van der Waals surface area contributed by atoms with E-state index in [1.54, 1.807) is 24.5 Å². The number of pyridine rings is 1. The zero-order valence-corrected chi connectivity index (χ0v) is 14.9. The van der Waals surface area contributed by atoms with E-state index in [-0.39, 0.29) is 5.56 Å². The van der Waals surface area contributed by atoms with Crippen molar-refractivity contribution >= 4 is 5.69 Å². The van der Waals surface area contributed by atoms with E-state index in [2.05, 4.69) is 10.3 Å². The number of hydrogen-bond donors (Lipinski definition) is 1. The fourth-order valence-electron chi connectivity index (χ4n) is 2.92. The van der Waals surface area contributed by atoms with Crippen LogP contribution in [0.5, 0.6) is 0 Å². The van der Waals surface area contributed by atoms with Crippen LogP contribution in [0.25, 0.3) is 16.9 Å². The number of nitriles is 1. The molecule has 0 saturated carbocycles. The van der Waals surface area contributed by atoms with E-state index in [9.17, 15) is 4.39 Å². The first kappa shape index (κ1) is 17.4. The molecule has 1 N–H and O–H groups in total. The van der Waals surface area contributed by atoms with Crippen molar-refractivity contribution in [1.29, 1.82) is 5.26 Å². The molecule has 2 aromatic heterocycles. The Morgan fingerprint density at radius 3 is 2.54 bits per heavy atom. The molecule has 0 amide bonds. The van der Waals surface area contributed by atoms with E-state index < -0.39 is 5.82 Å². The second-order valence-corrected chi connectivity index (χ2v) is 6.18. The summed E-state index contributed by atoms with van der Waals surface area (Å²) in [6, 6.07) is 19.9. The average molecular weight is 369 g/mol. The number of anilines is 1. The minimum atomic E-state index is -0.458. The summed E-state index contributed by atoms with van der Waals surface area (Å²) in [5.74, 6) is -0.458. The van der Waals surface area contributed by atoms with E-state index in [4.69, 9.17) is 10.4 Å². The molecule has 28 heavy (non-hydrogen) atoms. The van der Waals surface area contributed by atoms with Gasteiger partial charge in [-0.3, -0.25) is 4.98 Å². The number of halogens is 1. The first-order valence-electron chi connectivity index (χ1n) is 8.72. The van der Waals surface area contributed by atoms with Gasteiger partial charge in [0.05, 0.1) is 28.7 Å². The van der Waals surface area contributed by atoms with Gasteiger partial charge in [0, 0.05) is 36.3 Å². The van der Waals surface area contributed by atoms with Crippen LogP contribution in [0, 0.1) is 17.1 Å². The highest BCUT2D eigenvalue weighted by Gasteiger charge is 2.13. The Hall–Kier alpha value is -3.98. The average Bonchev–Trinajstić information content (AvgIpc) is 3.18. The van der Waals surface area contributed by atoms with Crippen LogP contribution < -0.4 is 5.32 Å². The van der Waals surface area contributed by atoms with Crippen LogP contribution in [0.2, 0.25) is 0 Å². The van der Waals surface area contributed by atoms with Crippen LogP contribution in [0.1, 0.15) is 11.1 Å².